The van der Waals surface area contributed by atoms with Crippen LogP contribution >= 0.6 is 11.6 Å². The van der Waals surface area contributed by atoms with Crippen molar-refractivity contribution in [3.05, 3.63) is 67.7 Å². The maximum Gasteiger partial charge on any atom is 0.417 e. The Morgan fingerprint density at radius 3 is 2.64 bits per heavy atom. The normalized spacial score (nSPS) is 17.1. The van der Waals surface area contributed by atoms with Gasteiger partial charge in [0.15, 0.2) is 5.82 Å². The van der Waals surface area contributed by atoms with Crippen LogP contribution in [0.5, 0.6) is 0 Å². The number of nitrogens with zero attached hydrogens (tertiary/aromatic N) is 5. The predicted molar refractivity (Wildman–Crippen MR) is 136 cm³/mol. The van der Waals surface area contributed by atoms with Crippen molar-refractivity contribution in [2.45, 2.75) is 58.5 Å². The first-order chi connectivity index (χ1) is 18.3. The molecule has 14 heteroatoms. The minimum absolute atomic E-state index is 0.0791. The smallest absolute Gasteiger partial charge is 0.353 e. The zero-order valence-electron chi connectivity index (χ0n) is 21.3. The lowest BCUT2D eigenvalue weighted by atomic mass is 9.98. The van der Waals surface area contributed by atoms with Crippen LogP contribution < -0.4 is 16.2 Å². The molecule has 0 unspecified atom stereocenters. The summed E-state index contributed by atoms with van der Waals surface area (Å²) < 4.78 is 43.0. The number of hydrogen-bond donors (Lipinski definition) is 2. The molecule has 4 heterocycles. The Labute approximate surface area is 225 Å². The van der Waals surface area contributed by atoms with Crippen molar-refractivity contribution in [3.8, 4) is 5.82 Å². The van der Waals surface area contributed by atoms with Crippen LogP contribution in [0.4, 0.5) is 19.1 Å². The van der Waals surface area contributed by atoms with E-state index in [1.165, 1.54) is 26.3 Å². The predicted octanol–water partition coefficient (Wildman–Crippen LogP) is 3.25. The summed E-state index contributed by atoms with van der Waals surface area (Å²) in [5.41, 5.74) is -0.647. The van der Waals surface area contributed by atoms with Crippen molar-refractivity contribution in [3.63, 3.8) is 0 Å². The first-order valence-electron chi connectivity index (χ1n) is 12.3. The van der Waals surface area contributed by atoms with Crippen LogP contribution in [0, 0.1) is 0 Å². The third-order valence-corrected chi connectivity index (χ3v) is 6.98. The van der Waals surface area contributed by atoms with E-state index < -0.39 is 34.3 Å². The molecule has 0 aliphatic carbocycles. The molecule has 39 heavy (non-hydrogen) atoms. The van der Waals surface area contributed by atoms with Gasteiger partial charge in [0.2, 0.25) is 5.95 Å². The van der Waals surface area contributed by atoms with Gasteiger partial charge in [-0.1, -0.05) is 11.6 Å². The molecule has 3 aromatic rings. The molecule has 0 fully saturated rings. The maximum atomic E-state index is 13.8. The van der Waals surface area contributed by atoms with Gasteiger partial charge in [0, 0.05) is 35.8 Å². The summed E-state index contributed by atoms with van der Waals surface area (Å²) in [6, 6.07) is 3.92. The average Bonchev–Trinajstić information content (AvgIpc) is 3.28. The van der Waals surface area contributed by atoms with Gasteiger partial charge in [0.25, 0.3) is 17.4 Å². The number of halogens is 4. The van der Waals surface area contributed by atoms with Crippen molar-refractivity contribution >= 4 is 29.4 Å². The Hall–Kier alpha value is -3.87. The fourth-order valence-corrected chi connectivity index (χ4v) is 5.00. The van der Waals surface area contributed by atoms with Gasteiger partial charge in [-0.05, 0) is 45.4 Å². The zero-order chi connectivity index (χ0) is 28.2. The molecular formula is C25H25ClF3N7O3. The third kappa shape index (κ3) is 4.86. The van der Waals surface area contributed by atoms with E-state index >= 15 is 0 Å². The number of fused-ring (bicyclic) bond motifs is 2. The first kappa shape index (κ1) is 26.7. The van der Waals surface area contributed by atoms with Crippen LogP contribution in [0.15, 0.2) is 29.1 Å². The van der Waals surface area contributed by atoms with Crippen molar-refractivity contribution in [2.24, 2.45) is 0 Å². The van der Waals surface area contributed by atoms with Crippen molar-refractivity contribution in [1.82, 2.24) is 29.5 Å². The van der Waals surface area contributed by atoms with Gasteiger partial charge >= 0.3 is 6.18 Å². The maximum absolute atomic E-state index is 13.8. The summed E-state index contributed by atoms with van der Waals surface area (Å²) >= 11 is 5.72. The lowest BCUT2D eigenvalue weighted by Crippen LogP contribution is -2.46. The Morgan fingerprint density at radius 1 is 1.23 bits per heavy atom. The van der Waals surface area contributed by atoms with Crippen LogP contribution in [-0.2, 0) is 25.7 Å². The molecule has 1 atom stereocenters. The molecule has 0 spiro atoms. The van der Waals surface area contributed by atoms with Crippen LogP contribution in [0.2, 0.25) is 5.02 Å². The third-order valence-electron chi connectivity index (χ3n) is 6.65. The number of aromatic nitrogens is 4. The summed E-state index contributed by atoms with van der Waals surface area (Å²) in [5, 5.41) is 9.83. The van der Waals surface area contributed by atoms with Crippen LogP contribution in [0.3, 0.4) is 0 Å². The molecule has 2 aliphatic rings. The van der Waals surface area contributed by atoms with Gasteiger partial charge in [-0.15, -0.1) is 0 Å². The number of anilines is 1. The molecule has 10 nitrogen and oxygen atoms in total. The van der Waals surface area contributed by atoms with Gasteiger partial charge in [-0.2, -0.15) is 18.3 Å². The van der Waals surface area contributed by atoms with Gasteiger partial charge in [0.05, 0.1) is 29.4 Å². The summed E-state index contributed by atoms with van der Waals surface area (Å²) in [6.07, 6.45) is -4.59. The summed E-state index contributed by atoms with van der Waals surface area (Å²) in [4.78, 5) is 45.4. The highest BCUT2D eigenvalue weighted by atomic mass is 35.5. The molecule has 0 saturated carbocycles. The van der Waals surface area contributed by atoms with Gasteiger partial charge < -0.3 is 15.5 Å². The molecule has 1 aromatic carbocycles. The largest absolute Gasteiger partial charge is 0.417 e. The second kappa shape index (κ2) is 9.70. The zero-order valence-corrected chi connectivity index (χ0v) is 22.0. The quantitative estimate of drug-likeness (QED) is 0.504. The number of nitrogens with one attached hydrogen (secondary N) is 2. The van der Waals surface area contributed by atoms with Crippen LogP contribution in [0.1, 0.15) is 58.4 Å². The Kier molecular flexibility index (Phi) is 6.65. The number of rotatable bonds is 4. The Balaban J connectivity index is 1.55. The Bertz CT molecular complexity index is 1550. The summed E-state index contributed by atoms with van der Waals surface area (Å²) in [6.45, 7) is 6.22. The van der Waals surface area contributed by atoms with Crippen LogP contribution in [-0.4, -0.2) is 54.7 Å². The van der Waals surface area contributed by atoms with E-state index in [2.05, 4.69) is 20.7 Å². The van der Waals surface area contributed by atoms with E-state index in [0.29, 0.717) is 30.0 Å². The minimum Gasteiger partial charge on any atom is -0.353 e. The first-order valence-corrected chi connectivity index (χ1v) is 12.7. The number of benzene rings is 1. The fourth-order valence-electron chi connectivity index (χ4n) is 4.77. The van der Waals surface area contributed by atoms with E-state index in [4.69, 9.17) is 11.6 Å². The highest BCUT2D eigenvalue weighted by molar-refractivity contribution is 6.31. The van der Waals surface area contributed by atoms with Crippen molar-refractivity contribution in [1.29, 1.82) is 0 Å². The van der Waals surface area contributed by atoms with E-state index in [-0.39, 0.29) is 42.2 Å². The van der Waals surface area contributed by atoms with Crippen LogP contribution in [0.25, 0.3) is 5.82 Å². The summed E-state index contributed by atoms with van der Waals surface area (Å²) in [7, 11) is 0. The number of alkyl halides is 3. The molecule has 0 radical (unpaired) electrons. The van der Waals surface area contributed by atoms with E-state index in [1.54, 1.807) is 6.92 Å². The topological polar surface area (TPSA) is 114 Å². The monoisotopic (exact) mass is 563 g/mol. The molecular weight excluding hydrogens is 539 g/mol. The van der Waals surface area contributed by atoms with Gasteiger partial charge in [-0.25, -0.2) is 9.55 Å². The van der Waals surface area contributed by atoms with Crippen molar-refractivity contribution in [2.75, 3.05) is 11.9 Å². The lowest BCUT2D eigenvalue weighted by Gasteiger charge is -2.34. The Morgan fingerprint density at radius 2 is 1.97 bits per heavy atom. The van der Waals surface area contributed by atoms with E-state index in [0.717, 1.165) is 12.1 Å². The highest BCUT2D eigenvalue weighted by Crippen LogP contribution is 2.36. The van der Waals surface area contributed by atoms with Gasteiger partial charge in [0.1, 0.15) is 5.69 Å². The SMILES string of the molecule is CC(C)Nc1nc2c(c(=O)n1-c1cc3n(n1)CCNC3=O)C[C@@H](C)N(C(=O)c1ccc(Cl)c(C(F)(F)F)c1)C2. The lowest BCUT2D eigenvalue weighted by molar-refractivity contribution is -0.137. The fraction of sp³-hybridized carbons (Fsp3) is 0.400. The average molecular weight is 564 g/mol. The number of amides is 2. The minimum atomic E-state index is -4.72. The molecule has 0 bridgehead atoms. The molecule has 5 rings (SSSR count). The summed E-state index contributed by atoms with van der Waals surface area (Å²) in [5.74, 6) is -0.515. The second-order valence-corrected chi connectivity index (χ2v) is 10.3. The molecule has 2 aromatic heterocycles. The molecule has 2 aliphatic heterocycles. The number of carbonyl (C=O) groups is 2. The molecule has 2 amide bonds. The van der Waals surface area contributed by atoms with E-state index in [1.807, 2.05) is 13.8 Å². The number of hydrogen-bond acceptors (Lipinski definition) is 6. The number of carbonyl (C=O) groups excluding carboxylic acids is 2. The molecule has 2 N–H and O–H groups in total. The molecule has 206 valence electrons. The standard InChI is InChI=1S/C25H25ClF3N7O3/c1-12(2)31-24-32-18-11-34(22(38)14-4-5-17(26)16(9-14)25(27,28)29)13(3)8-15(18)23(39)36(24)20-10-19-21(37)30-6-7-35(19)33-20/h4-5,9-10,12-13H,6-8,11H2,1-3H3,(H,30,37)(H,31,32)/t13-/m1/s1. The van der Waals surface area contributed by atoms with Gasteiger partial charge in [-0.3, -0.25) is 19.1 Å². The highest BCUT2D eigenvalue weighted by Gasteiger charge is 2.36. The molecule has 0 saturated heterocycles. The van der Waals surface area contributed by atoms with Crippen molar-refractivity contribution < 1.29 is 22.8 Å². The van der Waals surface area contributed by atoms with E-state index in [9.17, 15) is 27.6 Å². The second-order valence-electron chi connectivity index (χ2n) is 9.85.